The third-order valence-corrected chi connectivity index (χ3v) is 2.45. The molecule has 0 saturated heterocycles. The fraction of sp³-hybridized carbons (Fsp3) is 0.385. The fourth-order valence-electron chi connectivity index (χ4n) is 1.43. The maximum atomic E-state index is 13.4. The Labute approximate surface area is 96.0 Å². The van der Waals surface area contributed by atoms with Gasteiger partial charge in [0.2, 0.25) is 0 Å². The Morgan fingerprint density at radius 2 is 2.25 bits per heavy atom. The number of nitrogens with two attached hydrogens (primary N) is 1. The van der Waals surface area contributed by atoms with E-state index in [-0.39, 0.29) is 11.9 Å². The van der Waals surface area contributed by atoms with Crippen molar-refractivity contribution in [2.45, 2.75) is 19.9 Å². The predicted molar refractivity (Wildman–Crippen MR) is 64.4 cm³/mol. The van der Waals surface area contributed by atoms with Crippen LogP contribution in [0.25, 0.3) is 0 Å². The molecule has 0 aromatic heterocycles. The molecule has 0 amide bonds. The van der Waals surface area contributed by atoms with Crippen LogP contribution in [-0.2, 0) is 0 Å². The SMILES string of the molecule is CC#CCNC(CN)c1ccc(C)c(F)c1. The number of nitrogens with one attached hydrogen (secondary N) is 1. The molecular weight excluding hydrogens is 203 g/mol. The lowest BCUT2D eigenvalue weighted by atomic mass is 10.0. The Morgan fingerprint density at radius 1 is 1.50 bits per heavy atom. The number of halogens is 1. The second kappa shape index (κ2) is 6.26. The zero-order valence-electron chi connectivity index (χ0n) is 9.68. The van der Waals surface area contributed by atoms with Gasteiger partial charge in [-0.25, -0.2) is 4.39 Å². The zero-order valence-corrected chi connectivity index (χ0v) is 9.68. The predicted octanol–water partition coefficient (Wildman–Crippen LogP) is 1.75. The molecular formula is C13H17FN2. The lowest BCUT2D eigenvalue weighted by Gasteiger charge is -2.16. The monoisotopic (exact) mass is 220 g/mol. The van der Waals surface area contributed by atoms with Gasteiger partial charge in [0.25, 0.3) is 0 Å². The average Bonchev–Trinajstić information content (AvgIpc) is 2.29. The van der Waals surface area contributed by atoms with E-state index in [0.29, 0.717) is 18.7 Å². The van der Waals surface area contributed by atoms with Crippen molar-refractivity contribution in [1.29, 1.82) is 0 Å². The van der Waals surface area contributed by atoms with E-state index in [1.54, 1.807) is 19.9 Å². The van der Waals surface area contributed by atoms with Crippen LogP contribution < -0.4 is 11.1 Å². The molecule has 0 heterocycles. The molecule has 0 bridgehead atoms. The first-order valence-corrected chi connectivity index (χ1v) is 5.28. The maximum absolute atomic E-state index is 13.4. The van der Waals surface area contributed by atoms with Crippen LogP contribution in [0.4, 0.5) is 4.39 Å². The molecule has 1 unspecified atom stereocenters. The fourth-order valence-corrected chi connectivity index (χ4v) is 1.43. The third-order valence-electron chi connectivity index (χ3n) is 2.45. The molecule has 2 nitrogen and oxygen atoms in total. The highest BCUT2D eigenvalue weighted by Crippen LogP contribution is 2.15. The number of hydrogen-bond donors (Lipinski definition) is 2. The zero-order chi connectivity index (χ0) is 12.0. The van der Waals surface area contributed by atoms with Gasteiger partial charge in [0, 0.05) is 12.6 Å². The van der Waals surface area contributed by atoms with Crippen LogP contribution in [0.5, 0.6) is 0 Å². The number of rotatable bonds is 4. The van der Waals surface area contributed by atoms with Gasteiger partial charge in [-0.2, -0.15) is 0 Å². The second-order valence-corrected chi connectivity index (χ2v) is 3.60. The topological polar surface area (TPSA) is 38.0 Å². The minimum atomic E-state index is -0.195. The van der Waals surface area contributed by atoms with Crippen LogP contribution in [-0.4, -0.2) is 13.1 Å². The number of aryl methyl sites for hydroxylation is 1. The molecule has 1 rings (SSSR count). The van der Waals surface area contributed by atoms with Crippen LogP contribution >= 0.6 is 0 Å². The van der Waals surface area contributed by atoms with Gasteiger partial charge in [0.1, 0.15) is 5.82 Å². The average molecular weight is 220 g/mol. The van der Waals surface area contributed by atoms with E-state index in [9.17, 15) is 4.39 Å². The molecule has 0 aliphatic carbocycles. The lowest BCUT2D eigenvalue weighted by Crippen LogP contribution is -2.28. The minimum Gasteiger partial charge on any atom is -0.329 e. The van der Waals surface area contributed by atoms with Crippen LogP contribution in [0.2, 0.25) is 0 Å². The summed E-state index contributed by atoms with van der Waals surface area (Å²) < 4.78 is 13.4. The van der Waals surface area contributed by atoms with E-state index in [1.165, 1.54) is 6.07 Å². The van der Waals surface area contributed by atoms with Crippen molar-refractivity contribution in [3.63, 3.8) is 0 Å². The Bertz CT molecular complexity index is 404. The summed E-state index contributed by atoms with van der Waals surface area (Å²) in [4.78, 5) is 0. The van der Waals surface area contributed by atoms with E-state index >= 15 is 0 Å². The summed E-state index contributed by atoms with van der Waals surface area (Å²) in [7, 11) is 0. The molecule has 16 heavy (non-hydrogen) atoms. The first-order chi connectivity index (χ1) is 7.69. The smallest absolute Gasteiger partial charge is 0.126 e. The summed E-state index contributed by atoms with van der Waals surface area (Å²) in [6.07, 6.45) is 0. The molecule has 1 atom stereocenters. The van der Waals surface area contributed by atoms with E-state index in [1.807, 2.05) is 6.07 Å². The first kappa shape index (κ1) is 12.7. The molecule has 0 saturated carbocycles. The van der Waals surface area contributed by atoms with Crippen LogP contribution in [0.3, 0.4) is 0 Å². The number of hydrogen-bond acceptors (Lipinski definition) is 2. The molecule has 3 heteroatoms. The molecule has 3 N–H and O–H groups in total. The molecule has 0 aliphatic heterocycles. The van der Waals surface area contributed by atoms with Gasteiger partial charge >= 0.3 is 0 Å². The first-order valence-electron chi connectivity index (χ1n) is 5.28. The van der Waals surface area contributed by atoms with Crippen molar-refractivity contribution in [3.05, 3.63) is 35.1 Å². The summed E-state index contributed by atoms with van der Waals surface area (Å²) >= 11 is 0. The summed E-state index contributed by atoms with van der Waals surface area (Å²) in [5.41, 5.74) is 7.15. The second-order valence-electron chi connectivity index (χ2n) is 3.60. The summed E-state index contributed by atoms with van der Waals surface area (Å²) in [6, 6.07) is 5.14. The Morgan fingerprint density at radius 3 is 2.81 bits per heavy atom. The van der Waals surface area contributed by atoms with E-state index in [2.05, 4.69) is 17.2 Å². The maximum Gasteiger partial charge on any atom is 0.126 e. The Kier molecular flexibility index (Phi) is 4.97. The molecule has 0 fully saturated rings. The molecule has 1 aromatic carbocycles. The molecule has 0 radical (unpaired) electrons. The standard InChI is InChI=1S/C13H17FN2/c1-3-4-7-16-13(9-15)11-6-5-10(2)12(14)8-11/h5-6,8,13,16H,7,9,15H2,1-2H3. The lowest BCUT2D eigenvalue weighted by molar-refractivity contribution is 0.568. The molecule has 1 aromatic rings. The van der Waals surface area contributed by atoms with E-state index in [4.69, 9.17) is 5.73 Å². The van der Waals surface area contributed by atoms with Crippen molar-refractivity contribution in [2.24, 2.45) is 5.73 Å². The van der Waals surface area contributed by atoms with Gasteiger partial charge in [-0.15, -0.1) is 5.92 Å². The highest BCUT2D eigenvalue weighted by Gasteiger charge is 2.09. The van der Waals surface area contributed by atoms with Crippen molar-refractivity contribution < 1.29 is 4.39 Å². The Hall–Kier alpha value is -1.37. The van der Waals surface area contributed by atoms with Crippen LogP contribution in [0, 0.1) is 24.6 Å². The van der Waals surface area contributed by atoms with Crippen molar-refractivity contribution in [3.8, 4) is 11.8 Å². The molecule has 86 valence electrons. The van der Waals surface area contributed by atoms with Crippen molar-refractivity contribution in [2.75, 3.05) is 13.1 Å². The van der Waals surface area contributed by atoms with E-state index < -0.39 is 0 Å². The minimum absolute atomic E-state index is 0.0454. The van der Waals surface area contributed by atoms with Gasteiger partial charge in [0.15, 0.2) is 0 Å². The van der Waals surface area contributed by atoms with Crippen LogP contribution in [0.15, 0.2) is 18.2 Å². The van der Waals surface area contributed by atoms with Crippen LogP contribution in [0.1, 0.15) is 24.1 Å². The normalized spacial score (nSPS) is 11.8. The number of benzene rings is 1. The van der Waals surface area contributed by atoms with Crippen molar-refractivity contribution in [1.82, 2.24) is 5.32 Å². The van der Waals surface area contributed by atoms with Gasteiger partial charge < -0.3 is 5.73 Å². The van der Waals surface area contributed by atoms with E-state index in [0.717, 1.165) is 5.56 Å². The molecule has 0 spiro atoms. The highest BCUT2D eigenvalue weighted by atomic mass is 19.1. The highest BCUT2D eigenvalue weighted by molar-refractivity contribution is 5.26. The Balaban J connectivity index is 2.77. The molecule has 0 aliphatic rings. The van der Waals surface area contributed by atoms with Gasteiger partial charge in [-0.1, -0.05) is 18.1 Å². The quantitative estimate of drug-likeness (QED) is 0.759. The summed E-state index contributed by atoms with van der Waals surface area (Å²) in [6.45, 7) is 4.51. The summed E-state index contributed by atoms with van der Waals surface area (Å²) in [5.74, 6) is 5.50. The van der Waals surface area contributed by atoms with Gasteiger partial charge in [0.05, 0.1) is 6.54 Å². The van der Waals surface area contributed by atoms with Gasteiger partial charge in [-0.3, -0.25) is 5.32 Å². The largest absolute Gasteiger partial charge is 0.329 e. The van der Waals surface area contributed by atoms with Crippen molar-refractivity contribution >= 4 is 0 Å². The third kappa shape index (κ3) is 3.34. The summed E-state index contributed by atoms with van der Waals surface area (Å²) in [5, 5.41) is 3.17. The van der Waals surface area contributed by atoms with Gasteiger partial charge in [-0.05, 0) is 31.0 Å².